The minimum Gasteiger partial charge on any atom is -0.245 e. The first kappa shape index (κ1) is 17.2. The van der Waals surface area contributed by atoms with E-state index in [2.05, 4.69) is 15.2 Å². The molecule has 1 aromatic carbocycles. The number of hydrogen-bond acceptors (Lipinski definition) is 7. The molecule has 0 spiro atoms. The van der Waals surface area contributed by atoms with Gasteiger partial charge in [0.25, 0.3) is 0 Å². The number of nitrogens with zero attached hydrogens (tertiary/aromatic N) is 3. The van der Waals surface area contributed by atoms with Gasteiger partial charge < -0.3 is 0 Å². The quantitative estimate of drug-likeness (QED) is 0.516. The third-order valence-corrected chi connectivity index (χ3v) is 7.18. The van der Waals surface area contributed by atoms with E-state index in [9.17, 15) is 4.39 Å². The predicted octanol–water partition coefficient (Wildman–Crippen LogP) is 5.39. The van der Waals surface area contributed by atoms with Crippen molar-refractivity contribution in [3.05, 3.63) is 50.7 Å². The fourth-order valence-electron chi connectivity index (χ4n) is 1.80. The summed E-state index contributed by atoms with van der Waals surface area (Å²) in [7, 11) is 0. The minimum atomic E-state index is -0.323. The molecule has 0 aliphatic heterocycles. The Bertz CT molecular complexity index is 805. The smallest absolute Gasteiger partial charge is 0.175 e. The lowest BCUT2D eigenvalue weighted by Gasteiger charge is -2.01. The van der Waals surface area contributed by atoms with Gasteiger partial charge in [0, 0.05) is 22.6 Å². The van der Waals surface area contributed by atoms with Gasteiger partial charge >= 0.3 is 0 Å². The van der Waals surface area contributed by atoms with E-state index in [1.54, 1.807) is 52.3 Å². The number of halogens is 2. The standard InChI is InChI=1S/C14H11ClFN3S4/c1-20-13-18-19-14(23-13)22-7-10-6-21-12(17-10)4-8-2-3-9(16)5-11(8)15/h2-3,5-6H,4,7H2,1H3. The molecular weight excluding hydrogens is 393 g/mol. The number of aromatic nitrogens is 3. The Kier molecular flexibility index (Phi) is 5.92. The Labute approximate surface area is 154 Å². The van der Waals surface area contributed by atoms with E-state index in [-0.39, 0.29) is 5.82 Å². The van der Waals surface area contributed by atoms with Crippen LogP contribution in [0, 0.1) is 5.82 Å². The molecule has 2 aromatic heterocycles. The van der Waals surface area contributed by atoms with E-state index < -0.39 is 0 Å². The van der Waals surface area contributed by atoms with Crippen molar-refractivity contribution >= 4 is 57.8 Å². The Balaban J connectivity index is 1.61. The molecule has 3 rings (SSSR count). The largest absolute Gasteiger partial charge is 0.245 e. The van der Waals surface area contributed by atoms with Gasteiger partial charge in [0.15, 0.2) is 8.68 Å². The highest BCUT2D eigenvalue weighted by atomic mass is 35.5. The van der Waals surface area contributed by atoms with E-state index in [1.807, 2.05) is 11.6 Å². The summed E-state index contributed by atoms with van der Waals surface area (Å²) in [5, 5.41) is 11.6. The summed E-state index contributed by atoms with van der Waals surface area (Å²) in [6, 6.07) is 4.46. The van der Waals surface area contributed by atoms with Crippen LogP contribution in [0.1, 0.15) is 16.3 Å². The Hall–Kier alpha value is -0.670. The summed E-state index contributed by atoms with van der Waals surface area (Å²) in [5.74, 6) is 0.438. The molecule has 0 fully saturated rings. The number of thiazole rings is 1. The number of thioether (sulfide) groups is 2. The number of benzene rings is 1. The maximum Gasteiger partial charge on any atom is 0.175 e. The molecular formula is C14H11ClFN3S4. The molecule has 0 bridgehead atoms. The first-order valence-corrected chi connectivity index (χ1v) is 10.8. The van der Waals surface area contributed by atoms with Gasteiger partial charge in [-0.2, -0.15) is 0 Å². The normalized spacial score (nSPS) is 11.1. The lowest BCUT2D eigenvalue weighted by Crippen LogP contribution is -1.90. The van der Waals surface area contributed by atoms with Gasteiger partial charge in [0.1, 0.15) is 5.82 Å². The van der Waals surface area contributed by atoms with E-state index in [1.165, 1.54) is 12.1 Å². The monoisotopic (exact) mass is 403 g/mol. The molecule has 0 amide bonds. The molecule has 9 heteroatoms. The minimum absolute atomic E-state index is 0.323. The Morgan fingerprint density at radius 3 is 2.83 bits per heavy atom. The van der Waals surface area contributed by atoms with Crippen molar-refractivity contribution in [1.82, 2.24) is 15.2 Å². The molecule has 0 saturated heterocycles. The van der Waals surface area contributed by atoms with Crippen LogP contribution >= 0.6 is 57.8 Å². The fourth-order valence-corrected chi connectivity index (χ4v) is 5.29. The lowest BCUT2D eigenvalue weighted by molar-refractivity contribution is 0.627. The van der Waals surface area contributed by atoms with E-state index in [0.717, 1.165) is 30.7 Å². The van der Waals surface area contributed by atoms with Crippen molar-refractivity contribution in [3.8, 4) is 0 Å². The van der Waals surface area contributed by atoms with Crippen LogP contribution in [0.4, 0.5) is 4.39 Å². The van der Waals surface area contributed by atoms with Crippen LogP contribution in [0.15, 0.2) is 32.3 Å². The van der Waals surface area contributed by atoms with Crippen molar-refractivity contribution in [3.63, 3.8) is 0 Å². The molecule has 23 heavy (non-hydrogen) atoms. The molecule has 3 aromatic rings. The van der Waals surface area contributed by atoms with Crippen LogP contribution in [0.3, 0.4) is 0 Å². The summed E-state index contributed by atoms with van der Waals surface area (Å²) in [6.45, 7) is 0. The highest BCUT2D eigenvalue weighted by Gasteiger charge is 2.09. The summed E-state index contributed by atoms with van der Waals surface area (Å²) in [5.41, 5.74) is 1.89. The van der Waals surface area contributed by atoms with Crippen LogP contribution in [0.25, 0.3) is 0 Å². The highest BCUT2D eigenvalue weighted by Crippen LogP contribution is 2.30. The number of rotatable bonds is 6. The van der Waals surface area contributed by atoms with Gasteiger partial charge in [0.2, 0.25) is 0 Å². The molecule has 3 nitrogen and oxygen atoms in total. The third kappa shape index (κ3) is 4.67. The molecule has 0 aliphatic rings. The van der Waals surface area contributed by atoms with Gasteiger partial charge in [-0.1, -0.05) is 52.5 Å². The summed E-state index contributed by atoms with van der Waals surface area (Å²) < 4.78 is 15.0. The summed E-state index contributed by atoms with van der Waals surface area (Å²) >= 11 is 12.5. The second kappa shape index (κ2) is 7.94. The third-order valence-electron chi connectivity index (χ3n) is 2.86. The van der Waals surface area contributed by atoms with Crippen LogP contribution < -0.4 is 0 Å². The first-order chi connectivity index (χ1) is 11.1. The summed E-state index contributed by atoms with van der Waals surface area (Å²) in [6.07, 6.45) is 2.60. The van der Waals surface area contributed by atoms with Crippen molar-refractivity contribution in [2.75, 3.05) is 6.26 Å². The molecule has 2 heterocycles. The molecule has 0 unspecified atom stereocenters. The maximum atomic E-state index is 13.1. The molecule has 0 atom stereocenters. The second-order valence-electron chi connectivity index (χ2n) is 4.47. The van der Waals surface area contributed by atoms with Gasteiger partial charge in [-0.25, -0.2) is 9.37 Å². The van der Waals surface area contributed by atoms with Gasteiger partial charge in [-0.15, -0.1) is 21.5 Å². The van der Waals surface area contributed by atoms with Crippen molar-refractivity contribution < 1.29 is 4.39 Å². The van der Waals surface area contributed by atoms with Crippen molar-refractivity contribution in [2.24, 2.45) is 0 Å². The lowest BCUT2D eigenvalue weighted by atomic mass is 10.1. The van der Waals surface area contributed by atoms with Crippen LogP contribution in [0.5, 0.6) is 0 Å². The summed E-state index contributed by atoms with van der Waals surface area (Å²) in [4.78, 5) is 4.61. The second-order valence-corrected chi connectivity index (χ2v) is 9.07. The van der Waals surface area contributed by atoms with E-state index >= 15 is 0 Å². The number of hydrogen-bond donors (Lipinski definition) is 0. The van der Waals surface area contributed by atoms with Gasteiger partial charge in [-0.3, -0.25) is 0 Å². The maximum absolute atomic E-state index is 13.1. The topological polar surface area (TPSA) is 38.7 Å². The zero-order valence-corrected chi connectivity index (χ0v) is 16.0. The molecule has 0 aliphatic carbocycles. The van der Waals surface area contributed by atoms with Crippen LogP contribution in [-0.2, 0) is 12.2 Å². The van der Waals surface area contributed by atoms with Crippen LogP contribution in [0.2, 0.25) is 5.02 Å². The predicted molar refractivity (Wildman–Crippen MR) is 97.6 cm³/mol. The molecule has 0 saturated carbocycles. The van der Waals surface area contributed by atoms with Gasteiger partial charge in [0.05, 0.1) is 10.7 Å². The highest BCUT2D eigenvalue weighted by molar-refractivity contribution is 8.02. The molecule has 120 valence electrons. The average Bonchev–Trinajstić information content (AvgIpc) is 3.17. The molecule has 0 N–H and O–H groups in total. The van der Waals surface area contributed by atoms with Gasteiger partial charge in [-0.05, 0) is 24.0 Å². The molecule has 0 radical (unpaired) electrons. The Morgan fingerprint density at radius 1 is 1.26 bits per heavy atom. The zero-order valence-electron chi connectivity index (χ0n) is 12.0. The average molecular weight is 404 g/mol. The van der Waals surface area contributed by atoms with E-state index in [4.69, 9.17) is 11.6 Å². The zero-order chi connectivity index (χ0) is 16.2. The SMILES string of the molecule is CSc1nnc(SCc2csc(Cc3ccc(F)cc3Cl)n2)s1. The van der Waals surface area contributed by atoms with Crippen LogP contribution in [-0.4, -0.2) is 21.4 Å². The fraction of sp³-hybridized carbons (Fsp3) is 0.214. The van der Waals surface area contributed by atoms with Crippen molar-refractivity contribution in [1.29, 1.82) is 0 Å². The van der Waals surface area contributed by atoms with Crippen molar-refractivity contribution in [2.45, 2.75) is 20.9 Å². The Morgan fingerprint density at radius 2 is 2.09 bits per heavy atom. The first-order valence-electron chi connectivity index (χ1n) is 6.51. The van der Waals surface area contributed by atoms with E-state index in [0.29, 0.717) is 11.4 Å².